The van der Waals surface area contributed by atoms with Gasteiger partial charge in [0.1, 0.15) is 23.4 Å². The molecule has 2 aromatic carbocycles. The van der Waals surface area contributed by atoms with E-state index in [4.69, 9.17) is 9.47 Å². The fourth-order valence-corrected chi connectivity index (χ4v) is 5.45. The summed E-state index contributed by atoms with van der Waals surface area (Å²) in [5, 5.41) is 20.7. The van der Waals surface area contributed by atoms with Crippen LogP contribution < -0.4 is 4.74 Å². The van der Waals surface area contributed by atoms with E-state index >= 15 is 0 Å². The Balaban J connectivity index is 1.53. The first-order chi connectivity index (χ1) is 16.0. The van der Waals surface area contributed by atoms with Crippen LogP contribution in [-0.4, -0.2) is 53.6 Å². The van der Waals surface area contributed by atoms with Crippen LogP contribution in [0.25, 0.3) is 20.5 Å². The van der Waals surface area contributed by atoms with E-state index in [0.717, 1.165) is 58.9 Å². The molecule has 3 aromatic rings. The van der Waals surface area contributed by atoms with Crippen molar-refractivity contribution in [2.24, 2.45) is 5.92 Å². The molecule has 0 saturated carbocycles. The molecule has 2 N–H and O–H groups in total. The van der Waals surface area contributed by atoms with Crippen molar-refractivity contribution in [3.8, 4) is 27.7 Å². The van der Waals surface area contributed by atoms with Gasteiger partial charge in [-0.3, -0.25) is 0 Å². The van der Waals surface area contributed by atoms with Gasteiger partial charge in [-0.2, -0.15) is 0 Å². The molecule has 4 rings (SSSR count). The number of rotatable bonds is 9. The lowest BCUT2D eigenvalue weighted by molar-refractivity contribution is 0.0341. The van der Waals surface area contributed by atoms with Crippen molar-refractivity contribution in [1.29, 1.82) is 0 Å². The van der Waals surface area contributed by atoms with Gasteiger partial charge in [0.25, 0.3) is 0 Å². The number of ether oxygens (including phenoxy) is 2. The lowest BCUT2D eigenvalue weighted by atomic mass is 9.91. The van der Waals surface area contributed by atoms with Crippen LogP contribution >= 0.6 is 11.3 Å². The van der Waals surface area contributed by atoms with Crippen LogP contribution in [-0.2, 0) is 4.74 Å². The number of aromatic hydroxyl groups is 2. The van der Waals surface area contributed by atoms with E-state index in [9.17, 15) is 10.2 Å². The van der Waals surface area contributed by atoms with Gasteiger partial charge in [0.15, 0.2) is 0 Å². The summed E-state index contributed by atoms with van der Waals surface area (Å²) < 4.78 is 13.7. The second-order valence-electron chi connectivity index (χ2n) is 8.60. The Morgan fingerprint density at radius 1 is 1.00 bits per heavy atom. The van der Waals surface area contributed by atoms with Crippen molar-refractivity contribution in [1.82, 2.24) is 4.90 Å². The monoisotopic (exact) mass is 467 g/mol. The number of hydrogen-bond donors (Lipinski definition) is 2. The smallest absolute Gasteiger partial charge is 0.146 e. The highest BCUT2D eigenvalue weighted by molar-refractivity contribution is 7.22. The molecule has 0 bridgehead atoms. The molecule has 5 nitrogen and oxygen atoms in total. The van der Waals surface area contributed by atoms with Crippen LogP contribution in [0.2, 0.25) is 0 Å². The maximum absolute atomic E-state index is 9.97. The molecule has 0 radical (unpaired) electrons. The normalized spacial score (nSPS) is 20.5. The summed E-state index contributed by atoms with van der Waals surface area (Å²) in [5.74, 6) is 1.59. The van der Waals surface area contributed by atoms with Crippen LogP contribution in [0.15, 0.2) is 54.6 Å². The molecule has 1 aliphatic carbocycles. The minimum Gasteiger partial charge on any atom is -0.508 e. The standard InChI is InChI=1S/C27H33NO4S/c1-4-28(5-2)14-15-31-22-11-13-24(18(3)16-22)32-26-23-12-10-21(30)17-25(23)33-27(26)19-6-8-20(29)9-7-19/h6-13,17-18,22,24,29-30H,4-5,14-16H2,1-3H3. The van der Waals surface area contributed by atoms with Crippen LogP contribution in [0.3, 0.4) is 0 Å². The number of thiophene rings is 1. The van der Waals surface area contributed by atoms with Gasteiger partial charge in [-0.25, -0.2) is 0 Å². The molecule has 1 heterocycles. The van der Waals surface area contributed by atoms with Gasteiger partial charge >= 0.3 is 0 Å². The van der Waals surface area contributed by atoms with Crippen molar-refractivity contribution in [3.05, 3.63) is 54.6 Å². The van der Waals surface area contributed by atoms with Gasteiger partial charge in [0.05, 0.1) is 17.6 Å². The highest BCUT2D eigenvalue weighted by Crippen LogP contribution is 2.46. The fourth-order valence-electron chi connectivity index (χ4n) is 4.27. The Bertz CT molecular complexity index is 1090. The third kappa shape index (κ3) is 5.52. The van der Waals surface area contributed by atoms with Crippen LogP contribution in [0, 0.1) is 5.92 Å². The van der Waals surface area contributed by atoms with E-state index in [1.165, 1.54) is 0 Å². The quantitative estimate of drug-likeness (QED) is 0.375. The zero-order valence-corrected chi connectivity index (χ0v) is 20.3. The minimum atomic E-state index is -0.0601. The molecule has 0 amide bonds. The number of benzene rings is 2. The molecule has 3 unspecified atom stereocenters. The summed E-state index contributed by atoms with van der Waals surface area (Å²) in [7, 11) is 0. The Kier molecular flexibility index (Phi) is 7.58. The predicted molar refractivity (Wildman–Crippen MR) is 135 cm³/mol. The topological polar surface area (TPSA) is 62.2 Å². The summed E-state index contributed by atoms with van der Waals surface area (Å²) in [4.78, 5) is 3.36. The van der Waals surface area contributed by atoms with Gasteiger partial charge in [-0.05, 0) is 79.5 Å². The first-order valence-electron chi connectivity index (χ1n) is 11.7. The molecule has 0 fully saturated rings. The van der Waals surface area contributed by atoms with Crippen molar-refractivity contribution in [3.63, 3.8) is 0 Å². The average Bonchev–Trinajstić information content (AvgIpc) is 3.16. The average molecular weight is 468 g/mol. The Labute approximate surface area is 199 Å². The summed E-state index contributed by atoms with van der Waals surface area (Å²) >= 11 is 1.59. The highest BCUT2D eigenvalue weighted by atomic mass is 32.1. The molecule has 0 spiro atoms. The van der Waals surface area contributed by atoms with Crippen molar-refractivity contribution < 1.29 is 19.7 Å². The van der Waals surface area contributed by atoms with Gasteiger partial charge in [0.2, 0.25) is 0 Å². The molecule has 176 valence electrons. The predicted octanol–water partition coefficient (Wildman–Crippen LogP) is 6.05. The molecule has 1 aliphatic rings. The maximum Gasteiger partial charge on any atom is 0.146 e. The second kappa shape index (κ2) is 10.6. The zero-order valence-electron chi connectivity index (χ0n) is 19.5. The second-order valence-corrected chi connectivity index (χ2v) is 9.66. The number of nitrogens with zero attached hydrogens (tertiary/aromatic N) is 1. The van der Waals surface area contributed by atoms with E-state index < -0.39 is 0 Å². The van der Waals surface area contributed by atoms with Gasteiger partial charge in [-0.15, -0.1) is 11.3 Å². The van der Waals surface area contributed by atoms with Gasteiger partial charge < -0.3 is 24.6 Å². The van der Waals surface area contributed by atoms with Crippen LogP contribution in [0.4, 0.5) is 0 Å². The van der Waals surface area contributed by atoms with E-state index in [0.29, 0.717) is 5.92 Å². The Morgan fingerprint density at radius 3 is 2.42 bits per heavy atom. The van der Waals surface area contributed by atoms with Crippen LogP contribution in [0.1, 0.15) is 27.2 Å². The van der Waals surface area contributed by atoms with E-state index in [1.807, 2.05) is 18.2 Å². The van der Waals surface area contributed by atoms with Crippen molar-refractivity contribution in [2.45, 2.75) is 39.4 Å². The number of fused-ring (bicyclic) bond motifs is 1. The van der Waals surface area contributed by atoms with Crippen molar-refractivity contribution in [2.75, 3.05) is 26.2 Å². The van der Waals surface area contributed by atoms with E-state index in [2.05, 4.69) is 37.8 Å². The summed E-state index contributed by atoms with van der Waals surface area (Å²) in [6.07, 6.45) is 5.23. The molecule has 33 heavy (non-hydrogen) atoms. The number of phenolic OH excluding ortho intramolecular Hbond substituents is 2. The lowest BCUT2D eigenvalue weighted by Crippen LogP contribution is -2.33. The highest BCUT2D eigenvalue weighted by Gasteiger charge is 2.27. The summed E-state index contributed by atoms with van der Waals surface area (Å²) in [6, 6.07) is 12.5. The molecular weight excluding hydrogens is 434 g/mol. The Morgan fingerprint density at radius 2 is 1.73 bits per heavy atom. The van der Waals surface area contributed by atoms with Gasteiger partial charge in [-0.1, -0.05) is 26.8 Å². The first-order valence-corrected chi connectivity index (χ1v) is 12.5. The third-order valence-electron chi connectivity index (χ3n) is 6.33. The fraction of sp³-hybridized carbons (Fsp3) is 0.407. The van der Waals surface area contributed by atoms with Crippen LogP contribution in [0.5, 0.6) is 17.2 Å². The minimum absolute atomic E-state index is 0.0601. The lowest BCUT2D eigenvalue weighted by Gasteiger charge is -2.30. The van der Waals surface area contributed by atoms with Crippen molar-refractivity contribution >= 4 is 21.4 Å². The molecular formula is C27H33NO4S. The molecule has 0 saturated heterocycles. The SMILES string of the molecule is CCN(CC)CCOC1C=CC(Oc2c(-c3ccc(O)cc3)sc3cc(O)ccc23)C(C)C1. The molecule has 6 heteroatoms. The van der Waals surface area contributed by atoms with Gasteiger partial charge in [0, 0.05) is 16.6 Å². The number of likely N-dealkylation sites (N-methyl/N-ethyl adjacent to an activating group) is 1. The zero-order chi connectivity index (χ0) is 23.4. The molecule has 0 aliphatic heterocycles. The summed E-state index contributed by atoms with van der Waals surface area (Å²) in [6.45, 7) is 10.3. The Hall–Kier alpha value is -2.54. The largest absolute Gasteiger partial charge is 0.508 e. The third-order valence-corrected chi connectivity index (χ3v) is 7.51. The van der Waals surface area contributed by atoms with E-state index in [-0.39, 0.29) is 23.7 Å². The summed E-state index contributed by atoms with van der Waals surface area (Å²) in [5.41, 5.74) is 0.980. The van der Waals surface area contributed by atoms with E-state index in [1.54, 1.807) is 35.6 Å². The first kappa shape index (κ1) is 23.6. The molecule has 1 aromatic heterocycles. The molecule has 3 atom stereocenters. The maximum atomic E-state index is 9.97. The number of phenols is 2. The number of hydrogen-bond acceptors (Lipinski definition) is 6.